The zero-order valence-electron chi connectivity index (χ0n) is 16.4. The first kappa shape index (κ1) is 19.6. The minimum Gasteiger partial charge on any atom is -0.444 e. The van der Waals surface area contributed by atoms with E-state index in [0.717, 1.165) is 0 Å². The van der Waals surface area contributed by atoms with Crippen molar-refractivity contribution >= 4 is 12.0 Å². The number of likely N-dealkylation sites (tertiary alicyclic amines) is 1. The van der Waals surface area contributed by atoms with Crippen LogP contribution in [0.4, 0.5) is 4.79 Å². The van der Waals surface area contributed by atoms with E-state index in [1.54, 1.807) is 4.90 Å². The van der Waals surface area contributed by atoms with Gasteiger partial charge in [0.15, 0.2) is 5.82 Å². The first-order valence-corrected chi connectivity index (χ1v) is 9.83. The van der Waals surface area contributed by atoms with Gasteiger partial charge in [-0.05, 0) is 39.0 Å². The van der Waals surface area contributed by atoms with Crippen molar-refractivity contribution in [2.75, 3.05) is 6.54 Å². The number of aromatic amines is 1. The fourth-order valence-electron chi connectivity index (χ4n) is 4.13. The predicted molar refractivity (Wildman–Crippen MR) is 97.4 cm³/mol. The number of hydrogen-bond donors (Lipinski definition) is 2. The molecule has 1 aliphatic carbocycles. The Labute approximate surface area is 159 Å². The Morgan fingerprint density at radius 1 is 1.22 bits per heavy atom. The molecule has 150 valence electrons. The van der Waals surface area contributed by atoms with Crippen LogP contribution in [0.25, 0.3) is 0 Å². The Morgan fingerprint density at radius 2 is 1.96 bits per heavy atom. The second-order valence-corrected chi connectivity index (χ2v) is 8.59. The molecule has 9 heteroatoms. The molecule has 0 spiro atoms. The van der Waals surface area contributed by atoms with Crippen molar-refractivity contribution in [1.29, 1.82) is 0 Å². The third kappa shape index (κ3) is 5.17. The summed E-state index contributed by atoms with van der Waals surface area (Å²) in [6.07, 6.45) is 6.40. The maximum atomic E-state index is 12.8. The number of tetrazole rings is 1. The molecule has 27 heavy (non-hydrogen) atoms. The molecule has 2 unspecified atom stereocenters. The van der Waals surface area contributed by atoms with E-state index in [2.05, 4.69) is 25.9 Å². The Balaban J connectivity index is 1.68. The third-order valence-electron chi connectivity index (χ3n) is 5.39. The summed E-state index contributed by atoms with van der Waals surface area (Å²) in [7, 11) is 0. The largest absolute Gasteiger partial charge is 0.444 e. The van der Waals surface area contributed by atoms with Crippen LogP contribution in [-0.2, 0) is 16.1 Å². The average Bonchev–Trinajstić information content (AvgIpc) is 3.29. The summed E-state index contributed by atoms with van der Waals surface area (Å²) in [6.45, 7) is 6.28. The number of H-pyrrole nitrogens is 1. The summed E-state index contributed by atoms with van der Waals surface area (Å²) in [5, 5.41) is 16.3. The highest BCUT2D eigenvalue weighted by atomic mass is 16.6. The first-order chi connectivity index (χ1) is 12.8. The number of aromatic nitrogens is 4. The molecule has 3 rings (SSSR count). The fourth-order valence-corrected chi connectivity index (χ4v) is 4.13. The lowest BCUT2D eigenvalue weighted by atomic mass is 9.79. The van der Waals surface area contributed by atoms with Crippen molar-refractivity contribution < 1.29 is 14.3 Å². The van der Waals surface area contributed by atoms with E-state index in [-0.39, 0.29) is 12.5 Å². The van der Waals surface area contributed by atoms with Crippen molar-refractivity contribution in [1.82, 2.24) is 30.8 Å². The fraction of sp³-hybridized carbons (Fsp3) is 0.833. The van der Waals surface area contributed by atoms with E-state index in [0.29, 0.717) is 30.6 Å². The maximum absolute atomic E-state index is 12.8. The lowest BCUT2D eigenvalue weighted by molar-refractivity contribution is -0.125. The van der Waals surface area contributed by atoms with Crippen LogP contribution in [0.2, 0.25) is 0 Å². The van der Waals surface area contributed by atoms with E-state index in [1.807, 2.05) is 20.8 Å². The predicted octanol–water partition coefficient (Wildman–Crippen LogP) is 2.02. The Bertz CT molecular complexity index is 636. The third-order valence-corrected chi connectivity index (χ3v) is 5.39. The van der Waals surface area contributed by atoms with E-state index in [9.17, 15) is 9.59 Å². The number of carbonyl (C=O) groups is 2. The van der Waals surface area contributed by atoms with Gasteiger partial charge < -0.3 is 10.1 Å². The van der Waals surface area contributed by atoms with Gasteiger partial charge in [0, 0.05) is 6.54 Å². The van der Waals surface area contributed by atoms with Gasteiger partial charge in [-0.25, -0.2) is 4.79 Å². The minimum absolute atomic E-state index is 0.183. The SMILES string of the molecule is CC(C)(C)OC(=O)N1CC(C2CCCCC2)CC1C(=O)NCc1nn[nH]n1. The maximum Gasteiger partial charge on any atom is 0.410 e. The molecule has 9 nitrogen and oxygen atoms in total. The van der Waals surface area contributed by atoms with Crippen molar-refractivity contribution in [3.63, 3.8) is 0 Å². The number of rotatable bonds is 4. The van der Waals surface area contributed by atoms with Crippen molar-refractivity contribution in [2.45, 2.75) is 77.5 Å². The summed E-state index contributed by atoms with van der Waals surface area (Å²) < 4.78 is 5.56. The monoisotopic (exact) mass is 378 g/mol. The molecule has 1 saturated carbocycles. The molecule has 1 aromatic heterocycles. The van der Waals surface area contributed by atoms with Crippen LogP contribution in [-0.4, -0.2) is 55.7 Å². The topological polar surface area (TPSA) is 113 Å². The molecule has 1 aromatic rings. The normalized spacial score (nSPS) is 24.0. The lowest BCUT2D eigenvalue weighted by Gasteiger charge is -2.29. The standard InChI is InChI=1S/C18H30N6O3/c1-18(2,3)27-17(26)24-11-13(12-7-5-4-6-8-12)9-14(24)16(25)19-10-15-20-22-23-21-15/h12-14H,4-11H2,1-3H3,(H,19,25)(H,20,21,22,23). The zero-order valence-corrected chi connectivity index (χ0v) is 16.4. The van der Waals surface area contributed by atoms with Crippen molar-refractivity contribution in [3.8, 4) is 0 Å². The van der Waals surface area contributed by atoms with Crippen LogP contribution in [0.15, 0.2) is 0 Å². The highest BCUT2D eigenvalue weighted by Gasteiger charge is 2.43. The minimum atomic E-state index is -0.592. The van der Waals surface area contributed by atoms with Gasteiger partial charge in [-0.15, -0.1) is 10.2 Å². The molecule has 0 bridgehead atoms. The molecule has 2 atom stereocenters. The summed E-state index contributed by atoms with van der Waals surface area (Å²) in [5.74, 6) is 1.15. The quantitative estimate of drug-likeness (QED) is 0.829. The van der Waals surface area contributed by atoms with Gasteiger partial charge in [0.25, 0.3) is 0 Å². The highest BCUT2D eigenvalue weighted by molar-refractivity contribution is 5.86. The number of nitrogens with one attached hydrogen (secondary N) is 2. The van der Waals surface area contributed by atoms with Gasteiger partial charge in [-0.1, -0.05) is 37.3 Å². The second-order valence-electron chi connectivity index (χ2n) is 8.59. The second kappa shape index (κ2) is 8.22. The van der Waals surface area contributed by atoms with Gasteiger partial charge >= 0.3 is 6.09 Å². The summed E-state index contributed by atoms with van der Waals surface area (Å²) in [5.41, 5.74) is -0.592. The van der Waals surface area contributed by atoms with Gasteiger partial charge in [-0.2, -0.15) is 5.21 Å². The molecule has 1 saturated heterocycles. The molecule has 2 N–H and O–H groups in total. The average molecular weight is 378 g/mol. The number of carbonyl (C=O) groups excluding carboxylic acids is 2. The van der Waals surface area contributed by atoms with Crippen LogP contribution >= 0.6 is 0 Å². The molecule has 2 amide bonds. The lowest BCUT2D eigenvalue weighted by Crippen LogP contribution is -2.47. The van der Waals surface area contributed by atoms with Crippen molar-refractivity contribution in [2.24, 2.45) is 11.8 Å². The molecule has 0 radical (unpaired) electrons. The molecule has 0 aromatic carbocycles. The van der Waals surface area contributed by atoms with Crippen LogP contribution < -0.4 is 5.32 Å². The first-order valence-electron chi connectivity index (χ1n) is 9.83. The van der Waals surface area contributed by atoms with Crippen LogP contribution in [0.5, 0.6) is 0 Å². The van der Waals surface area contributed by atoms with Crippen LogP contribution in [0, 0.1) is 11.8 Å². The van der Waals surface area contributed by atoms with E-state index in [1.165, 1.54) is 32.1 Å². The van der Waals surface area contributed by atoms with Gasteiger partial charge in [0.2, 0.25) is 5.91 Å². The van der Waals surface area contributed by atoms with E-state index in [4.69, 9.17) is 4.74 Å². The van der Waals surface area contributed by atoms with Crippen molar-refractivity contribution in [3.05, 3.63) is 5.82 Å². The highest BCUT2D eigenvalue weighted by Crippen LogP contribution is 2.38. The molecule has 2 fully saturated rings. The van der Waals surface area contributed by atoms with E-state index >= 15 is 0 Å². The molecular formula is C18H30N6O3. The Kier molecular flexibility index (Phi) is 5.96. The number of nitrogens with zero attached hydrogens (tertiary/aromatic N) is 4. The molecule has 2 aliphatic rings. The molecule has 1 aliphatic heterocycles. The zero-order chi connectivity index (χ0) is 19.4. The molecule has 2 heterocycles. The molecular weight excluding hydrogens is 348 g/mol. The van der Waals surface area contributed by atoms with Crippen LogP contribution in [0.1, 0.15) is 65.1 Å². The number of amides is 2. The number of ether oxygens (including phenoxy) is 1. The number of hydrogen-bond acceptors (Lipinski definition) is 6. The summed E-state index contributed by atoms with van der Waals surface area (Å²) in [6, 6.07) is -0.515. The van der Waals surface area contributed by atoms with E-state index < -0.39 is 17.7 Å². The van der Waals surface area contributed by atoms with Gasteiger partial charge in [-0.3, -0.25) is 9.69 Å². The van der Waals surface area contributed by atoms with Crippen LogP contribution in [0.3, 0.4) is 0 Å². The Morgan fingerprint density at radius 3 is 2.59 bits per heavy atom. The smallest absolute Gasteiger partial charge is 0.410 e. The summed E-state index contributed by atoms with van der Waals surface area (Å²) >= 11 is 0. The van der Waals surface area contributed by atoms with Gasteiger partial charge in [0.1, 0.15) is 11.6 Å². The van der Waals surface area contributed by atoms with Gasteiger partial charge in [0.05, 0.1) is 6.54 Å². The summed E-state index contributed by atoms with van der Waals surface area (Å²) in [4.78, 5) is 27.1. The Hall–Kier alpha value is -2.19.